The van der Waals surface area contributed by atoms with Crippen LogP contribution in [0.2, 0.25) is 0 Å². The minimum atomic E-state index is 0. The molecule has 0 spiro atoms. The Kier molecular flexibility index (Phi) is 5.76. The monoisotopic (exact) mass is 189 g/mol. The van der Waals surface area contributed by atoms with E-state index in [1.165, 1.54) is 0 Å². The first-order valence-corrected chi connectivity index (χ1v) is 3.97. The number of rotatable bonds is 4. The van der Waals surface area contributed by atoms with Crippen molar-refractivity contribution in [1.82, 2.24) is 14.9 Å². The smallest absolute Gasteiger partial charge is 0.105 e. The van der Waals surface area contributed by atoms with Gasteiger partial charge in [0.15, 0.2) is 0 Å². The summed E-state index contributed by atoms with van der Waals surface area (Å²) in [6.07, 6.45) is 5.02. The molecule has 1 aromatic rings. The third-order valence-corrected chi connectivity index (χ3v) is 1.75. The van der Waals surface area contributed by atoms with Crippen LogP contribution in [0.25, 0.3) is 0 Å². The van der Waals surface area contributed by atoms with Crippen molar-refractivity contribution in [2.45, 2.75) is 19.9 Å². The summed E-state index contributed by atoms with van der Waals surface area (Å²) in [5.41, 5.74) is 0. The van der Waals surface area contributed by atoms with Crippen LogP contribution in [-0.4, -0.2) is 23.1 Å². The molecule has 4 heteroatoms. The number of imidazole rings is 1. The van der Waals surface area contributed by atoms with Crippen molar-refractivity contribution in [2.75, 3.05) is 13.6 Å². The average Bonchev–Trinajstić information content (AvgIpc) is 2.37. The molecular formula is C8H16ClN3. The second-order valence-electron chi connectivity index (χ2n) is 2.62. The molecule has 0 radical (unpaired) electrons. The molecule has 70 valence electrons. The highest BCUT2D eigenvalue weighted by molar-refractivity contribution is 5.85. The minimum absolute atomic E-state index is 0. The second-order valence-corrected chi connectivity index (χ2v) is 2.62. The van der Waals surface area contributed by atoms with Gasteiger partial charge in [-0.25, -0.2) is 4.98 Å². The van der Waals surface area contributed by atoms with Crippen molar-refractivity contribution in [2.24, 2.45) is 0 Å². The van der Waals surface area contributed by atoms with Crippen LogP contribution in [0.5, 0.6) is 0 Å². The summed E-state index contributed by atoms with van der Waals surface area (Å²) >= 11 is 0. The fraction of sp³-hybridized carbons (Fsp3) is 0.625. The van der Waals surface area contributed by atoms with Gasteiger partial charge in [0.1, 0.15) is 5.82 Å². The molecule has 0 saturated heterocycles. The summed E-state index contributed by atoms with van der Waals surface area (Å²) in [6, 6.07) is 0. The first-order chi connectivity index (χ1) is 5.34. The van der Waals surface area contributed by atoms with Gasteiger partial charge in [-0.2, -0.15) is 0 Å². The lowest BCUT2D eigenvalue weighted by atomic mass is 10.4. The molecule has 0 aliphatic heterocycles. The molecule has 0 aromatic carbocycles. The molecule has 3 nitrogen and oxygen atoms in total. The largest absolute Gasteiger partial charge is 0.335 e. The van der Waals surface area contributed by atoms with Crippen molar-refractivity contribution < 1.29 is 0 Å². The molecule has 1 aromatic heterocycles. The lowest BCUT2D eigenvalue weighted by molar-refractivity contribution is 0.601. The maximum atomic E-state index is 4.14. The summed E-state index contributed by atoms with van der Waals surface area (Å²) in [7, 11) is 1.97. The number of hydrogen-bond donors (Lipinski definition) is 1. The van der Waals surface area contributed by atoms with Crippen LogP contribution in [0.3, 0.4) is 0 Å². The van der Waals surface area contributed by atoms with E-state index in [1.54, 1.807) is 0 Å². The minimum Gasteiger partial charge on any atom is -0.335 e. The van der Waals surface area contributed by atoms with Crippen molar-refractivity contribution in [1.29, 1.82) is 0 Å². The van der Waals surface area contributed by atoms with Gasteiger partial charge in [0.25, 0.3) is 0 Å². The predicted octanol–water partition coefficient (Wildman–Crippen LogP) is 1.22. The molecule has 0 atom stereocenters. The lowest BCUT2D eigenvalue weighted by Gasteiger charge is -2.03. The number of halogens is 1. The Morgan fingerprint density at radius 3 is 2.83 bits per heavy atom. The molecule has 1 heterocycles. The number of nitrogens with zero attached hydrogens (tertiary/aromatic N) is 2. The molecular weight excluding hydrogens is 174 g/mol. The highest BCUT2D eigenvalue weighted by Crippen LogP contribution is 1.95. The van der Waals surface area contributed by atoms with Crippen LogP contribution in [0.15, 0.2) is 12.4 Å². The van der Waals surface area contributed by atoms with Crippen LogP contribution < -0.4 is 5.32 Å². The normalized spacial score (nSPS) is 9.50. The molecule has 1 rings (SSSR count). The molecule has 12 heavy (non-hydrogen) atoms. The summed E-state index contributed by atoms with van der Waals surface area (Å²) in [6.45, 7) is 4.16. The molecule has 1 N–H and O–H groups in total. The van der Waals surface area contributed by atoms with E-state index in [9.17, 15) is 0 Å². The van der Waals surface area contributed by atoms with Gasteiger partial charge >= 0.3 is 0 Å². The number of aromatic nitrogens is 2. The zero-order valence-electron chi connectivity index (χ0n) is 7.58. The SMILES string of the molecule is CNCCCn1ccnc1C.Cl. The van der Waals surface area contributed by atoms with Crippen LogP contribution in [0.4, 0.5) is 0 Å². The van der Waals surface area contributed by atoms with Gasteiger partial charge in [0.05, 0.1) is 0 Å². The summed E-state index contributed by atoms with van der Waals surface area (Å²) < 4.78 is 2.16. The Morgan fingerprint density at radius 1 is 1.58 bits per heavy atom. The van der Waals surface area contributed by atoms with Crippen molar-refractivity contribution in [3.05, 3.63) is 18.2 Å². The highest BCUT2D eigenvalue weighted by atomic mass is 35.5. The Labute approximate surface area is 79.6 Å². The molecule has 0 aliphatic carbocycles. The second kappa shape index (κ2) is 6.03. The molecule has 0 fully saturated rings. The molecule has 0 amide bonds. The third-order valence-electron chi connectivity index (χ3n) is 1.75. The van der Waals surface area contributed by atoms with E-state index in [0.717, 1.165) is 25.3 Å². The van der Waals surface area contributed by atoms with Gasteiger partial charge in [-0.3, -0.25) is 0 Å². The molecule has 0 unspecified atom stereocenters. The Hall–Kier alpha value is -0.540. The van der Waals surface area contributed by atoms with E-state index in [4.69, 9.17) is 0 Å². The van der Waals surface area contributed by atoms with E-state index < -0.39 is 0 Å². The topological polar surface area (TPSA) is 29.9 Å². The average molecular weight is 190 g/mol. The first-order valence-electron chi connectivity index (χ1n) is 3.97. The van der Waals surface area contributed by atoms with E-state index in [1.807, 2.05) is 26.4 Å². The molecule has 0 saturated carbocycles. The summed E-state index contributed by atoms with van der Waals surface area (Å²) in [5, 5.41) is 3.12. The van der Waals surface area contributed by atoms with Crippen LogP contribution >= 0.6 is 12.4 Å². The van der Waals surface area contributed by atoms with Gasteiger partial charge in [0, 0.05) is 18.9 Å². The van der Waals surface area contributed by atoms with Crippen LogP contribution in [-0.2, 0) is 6.54 Å². The maximum absolute atomic E-state index is 4.14. The van der Waals surface area contributed by atoms with Gasteiger partial charge < -0.3 is 9.88 Å². The van der Waals surface area contributed by atoms with Crippen molar-refractivity contribution >= 4 is 12.4 Å². The van der Waals surface area contributed by atoms with E-state index in [-0.39, 0.29) is 12.4 Å². The van der Waals surface area contributed by atoms with E-state index in [2.05, 4.69) is 14.9 Å². The standard InChI is InChI=1S/C8H15N3.ClH/c1-8-10-5-7-11(8)6-3-4-9-2;/h5,7,9H,3-4,6H2,1-2H3;1H. The third kappa shape index (κ3) is 3.24. The molecule has 0 bridgehead atoms. The number of hydrogen-bond acceptors (Lipinski definition) is 2. The zero-order chi connectivity index (χ0) is 8.10. The number of nitrogens with one attached hydrogen (secondary N) is 1. The summed E-state index contributed by atoms with van der Waals surface area (Å²) in [4.78, 5) is 4.14. The van der Waals surface area contributed by atoms with Crippen LogP contribution in [0.1, 0.15) is 12.2 Å². The Balaban J connectivity index is 0.00000121. The Morgan fingerprint density at radius 2 is 2.33 bits per heavy atom. The quantitative estimate of drug-likeness (QED) is 0.722. The van der Waals surface area contributed by atoms with E-state index >= 15 is 0 Å². The highest BCUT2D eigenvalue weighted by Gasteiger charge is 1.93. The zero-order valence-corrected chi connectivity index (χ0v) is 8.40. The van der Waals surface area contributed by atoms with Crippen LogP contribution in [0, 0.1) is 6.92 Å². The van der Waals surface area contributed by atoms with Gasteiger partial charge in [0.2, 0.25) is 0 Å². The number of aryl methyl sites for hydroxylation is 2. The van der Waals surface area contributed by atoms with Crippen molar-refractivity contribution in [3.8, 4) is 0 Å². The first kappa shape index (κ1) is 11.5. The lowest BCUT2D eigenvalue weighted by Crippen LogP contribution is -2.11. The fourth-order valence-corrected chi connectivity index (χ4v) is 1.07. The Bertz CT molecular complexity index is 210. The van der Waals surface area contributed by atoms with Gasteiger partial charge in [-0.1, -0.05) is 0 Å². The van der Waals surface area contributed by atoms with Crippen molar-refractivity contribution in [3.63, 3.8) is 0 Å². The van der Waals surface area contributed by atoms with Gasteiger partial charge in [-0.05, 0) is 26.9 Å². The molecule has 0 aliphatic rings. The fourth-order valence-electron chi connectivity index (χ4n) is 1.07. The van der Waals surface area contributed by atoms with Gasteiger partial charge in [-0.15, -0.1) is 12.4 Å². The van der Waals surface area contributed by atoms with E-state index in [0.29, 0.717) is 0 Å². The predicted molar refractivity (Wildman–Crippen MR) is 52.8 cm³/mol. The maximum Gasteiger partial charge on any atom is 0.105 e. The summed E-state index contributed by atoms with van der Waals surface area (Å²) in [5.74, 6) is 1.10.